The number of ether oxygens (including phenoxy) is 1. The van der Waals surface area contributed by atoms with Crippen molar-refractivity contribution in [2.45, 2.75) is 6.04 Å². The molecule has 1 saturated heterocycles. The van der Waals surface area contributed by atoms with E-state index in [1.807, 2.05) is 0 Å². The molecule has 25 heavy (non-hydrogen) atoms. The predicted molar refractivity (Wildman–Crippen MR) is 90.9 cm³/mol. The van der Waals surface area contributed by atoms with Crippen molar-refractivity contribution in [2.24, 2.45) is 0 Å². The third kappa shape index (κ3) is 4.32. The van der Waals surface area contributed by atoms with Gasteiger partial charge in [0.1, 0.15) is 11.4 Å². The number of morpholine rings is 1. The van der Waals surface area contributed by atoms with Gasteiger partial charge in [-0.05, 0) is 29.8 Å². The van der Waals surface area contributed by atoms with Gasteiger partial charge in [-0.25, -0.2) is 4.39 Å². The predicted octanol–water partition coefficient (Wildman–Crippen LogP) is 1.32. The van der Waals surface area contributed by atoms with Gasteiger partial charge in [0, 0.05) is 25.8 Å². The molecule has 132 valence electrons. The Morgan fingerprint density at radius 2 is 1.96 bits per heavy atom. The van der Waals surface area contributed by atoms with Gasteiger partial charge in [0.05, 0.1) is 19.3 Å². The van der Waals surface area contributed by atoms with Crippen LogP contribution in [0.1, 0.15) is 22.0 Å². The number of carbonyl (C=O) groups excluding carboxylic acids is 1. The molecule has 2 aromatic rings. The molecule has 7 heteroatoms. The average molecular weight is 345 g/mol. The molecule has 0 aliphatic carbocycles. The zero-order valence-corrected chi connectivity index (χ0v) is 13.7. The molecule has 3 rings (SSSR count). The molecule has 0 saturated carbocycles. The molecule has 1 amide bonds. The number of pyridine rings is 1. The number of halogens is 1. The van der Waals surface area contributed by atoms with Crippen molar-refractivity contribution in [2.75, 3.05) is 32.8 Å². The summed E-state index contributed by atoms with van der Waals surface area (Å²) in [5.41, 5.74) is 0.553. The second kappa shape index (κ2) is 8.04. The van der Waals surface area contributed by atoms with E-state index in [0.717, 1.165) is 18.7 Å². The van der Waals surface area contributed by atoms with Gasteiger partial charge in [0.25, 0.3) is 11.5 Å². The minimum Gasteiger partial charge on any atom is -0.379 e. The van der Waals surface area contributed by atoms with E-state index in [2.05, 4.69) is 15.2 Å². The van der Waals surface area contributed by atoms with Gasteiger partial charge in [-0.15, -0.1) is 0 Å². The molecule has 2 N–H and O–H groups in total. The van der Waals surface area contributed by atoms with Crippen LogP contribution >= 0.6 is 0 Å². The number of H-pyrrole nitrogens is 1. The third-order valence-corrected chi connectivity index (χ3v) is 4.26. The van der Waals surface area contributed by atoms with Crippen LogP contribution in [0.5, 0.6) is 0 Å². The first-order valence-corrected chi connectivity index (χ1v) is 8.18. The highest BCUT2D eigenvalue weighted by Crippen LogP contribution is 2.21. The maximum Gasteiger partial charge on any atom is 0.260 e. The lowest BCUT2D eigenvalue weighted by atomic mass is 10.0. The summed E-state index contributed by atoms with van der Waals surface area (Å²) in [6.45, 7) is 3.00. The van der Waals surface area contributed by atoms with Gasteiger partial charge in [-0.3, -0.25) is 14.5 Å². The number of carbonyl (C=O) groups is 1. The van der Waals surface area contributed by atoms with Crippen molar-refractivity contribution in [1.29, 1.82) is 0 Å². The van der Waals surface area contributed by atoms with Gasteiger partial charge in [0.2, 0.25) is 0 Å². The van der Waals surface area contributed by atoms with E-state index >= 15 is 0 Å². The highest BCUT2D eigenvalue weighted by molar-refractivity contribution is 5.93. The molecule has 0 unspecified atom stereocenters. The molecule has 6 nitrogen and oxygen atoms in total. The van der Waals surface area contributed by atoms with E-state index in [9.17, 15) is 14.0 Å². The number of aromatic nitrogens is 1. The van der Waals surface area contributed by atoms with E-state index in [1.54, 1.807) is 18.2 Å². The second-order valence-corrected chi connectivity index (χ2v) is 5.84. The van der Waals surface area contributed by atoms with E-state index < -0.39 is 11.5 Å². The Bertz CT molecular complexity index is 770. The van der Waals surface area contributed by atoms with Crippen LogP contribution in [0, 0.1) is 5.82 Å². The minimum absolute atomic E-state index is 0.0716. The van der Waals surface area contributed by atoms with E-state index in [4.69, 9.17) is 4.74 Å². The number of nitrogens with one attached hydrogen (secondary N) is 2. The van der Waals surface area contributed by atoms with Crippen LogP contribution < -0.4 is 10.9 Å². The fourth-order valence-electron chi connectivity index (χ4n) is 2.92. The normalized spacial score (nSPS) is 16.4. The number of hydrogen-bond donors (Lipinski definition) is 2. The highest BCUT2D eigenvalue weighted by Gasteiger charge is 2.23. The molecule has 1 aliphatic rings. The topological polar surface area (TPSA) is 74.4 Å². The number of rotatable bonds is 5. The van der Waals surface area contributed by atoms with E-state index in [-0.39, 0.29) is 17.4 Å². The standard InChI is InChI=1S/C18H20FN3O3/c19-14-5-3-13(4-6-14)16(22-8-10-25-11-9-22)12-21-18(24)15-2-1-7-20-17(15)23/h1-7,16H,8-12H2,(H,20,23)(H,21,24)/t16-/m1/s1. The van der Waals surface area contributed by atoms with Crippen molar-refractivity contribution >= 4 is 5.91 Å². The quantitative estimate of drug-likeness (QED) is 0.857. The average Bonchev–Trinajstić information content (AvgIpc) is 2.64. The summed E-state index contributed by atoms with van der Waals surface area (Å²) in [6, 6.07) is 9.23. The lowest BCUT2D eigenvalue weighted by Crippen LogP contribution is -2.44. The Morgan fingerprint density at radius 1 is 1.24 bits per heavy atom. The maximum absolute atomic E-state index is 13.2. The third-order valence-electron chi connectivity index (χ3n) is 4.26. The lowest BCUT2D eigenvalue weighted by molar-refractivity contribution is 0.0162. The van der Waals surface area contributed by atoms with Crippen LogP contribution in [-0.2, 0) is 4.74 Å². The summed E-state index contributed by atoms with van der Waals surface area (Å²) in [6.07, 6.45) is 1.48. The molecule has 0 radical (unpaired) electrons. The van der Waals surface area contributed by atoms with Crippen LogP contribution in [0.25, 0.3) is 0 Å². The second-order valence-electron chi connectivity index (χ2n) is 5.84. The van der Waals surface area contributed by atoms with Crippen molar-refractivity contribution < 1.29 is 13.9 Å². The minimum atomic E-state index is -0.428. The first-order valence-electron chi connectivity index (χ1n) is 8.18. The lowest BCUT2D eigenvalue weighted by Gasteiger charge is -2.34. The van der Waals surface area contributed by atoms with Crippen LogP contribution in [-0.4, -0.2) is 48.6 Å². The number of hydrogen-bond acceptors (Lipinski definition) is 4. The summed E-state index contributed by atoms with van der Waals surface area (Å²) >= 11 is 0. The van der Waals surface area contributed by atoms with Gasteiger partial charge in [-0.1, -0.05) is 12.1 Å². The van der Waals surface area contributed by atoms with Crippen molar-refractivity contribution in [3.8, 4) is 0 Å². The number of benzene rings is 1. The van der Waals surface area contributed by atoms with Crippen LogP contribution in [0.3, 0.4) is 0 Å². The van der Waals surface area contributed by atoms with Crippen molar-refractivity contribution in [1.82, 2.24) is 15.2 Å². The number of aromatic amines is 1. The fourth-order valence-corrected chi connectivity index (χ4v) is 2.92. The Morgan fingerprint density at radius 3 is 2.64 bits per heavy atom. The smallest absolute Gasteiger partial charge is 0.260 e. The van der Waals surface area contributed by atoms with Crippen LogP contribution in [0.4, 0.5) is 4.39 Å². The first-order chi connectivity index (χ1) is 12.1. The number of nitrogens with zero attached hydrogens (tertiary/aromatic N) is 1. The van der Waals surface area contributed by atoms with Gasteiger partial charge in [0.15, 0.2) is 0 Å². The molecule has 0 bridgehead atoms. The molecule has 1 aliphatic heterocycles. The van der Waals surface area contributed by atoms with Crippen molar-refractivity contribution in [3.05, 3.63) is 69.9 Å². The first kappa shape index (κ1) is 17.3. The molecule has 2 heterocycles. The van der Waals surface area contributed by atoms with E-state index in [1.165, 1.54) is 24.4 Å². The molecule has 1 fully saturated rings. The highest BCUT2D eigenvalue weighted by atomic mass is 19.1. The van der Waals surface area contributed by atoms with Crippen LogP contribution in [0.15, 0.2) is 47.4 Å². The zero-order valence-electron chi connectivity index (χ0n) is 13.7. The molecular formula is C18H20FN3O3. The Kier molecular flexibility index (Phi) is 5.57. The maximum atomic E-state index is 13.2. The van der Waals surface area contributed by atoms with Gasteiger partial charge >= 0.3 is 0 Å². The monoisotopic (exact) mass is 345 g/mol. The molecule has 0 spiro atoms. The van der Waals surface area contributed by atoms with Gasteiger partial charge < -0.3 is 15.0 Å². The summed E-state index contributed by atoms with van der Waals surface area (Å²) in [7, 11) is 0. The summed E-state index contributed by atoms with van der Waals surface area (Å²) in [5, 5.41) is 2.82. The van der Waals surface area contributed by atoms with Crippen LogP contribution in [0.2, 0.25) is 0 Å². The van der Waals surface area contributed by atoms with Crippen molar-refractivity contribution in [3.63, 3.8) is 0 Å². The Hall–Kier alpha value is -2.51. The van der Waals surface area contributed by atoms with Gasteiger partial charge in [-0.2, -0.15) is 0 Å². The molecule has 1 aromatic heterocycles. The largest absolute Gasteiger partial charge is 0.379 e. The molecule has 1 aromatic carbocycles. The zero-order chi connectivity index (χ0) is 17.6. The summed E-state index contributed by atoms with van der Waals surface area (Å²) < 4.78 is 18.6. The molecule has 1 atom stereocenters. The fraction of sp³-hybridized carbons (Fsp3) is 0.333. The Balaban J connectivity index is 1.75. The SMILES string of the molecule is O=C(NC[C@H](c1ccc(F)cc1)N1CCOCC1)c1ccc[nH]c1=O. The Labute approximate surface area is 144 Å². The molecular weight excluding hydrogens is 325 g/mol. The summed E-state index contributed by atoms with van der Waals surface area (Å²) in [5.74, 6) is -0.730. The summed E-state index contributed by atoms with van der Waals surface area (Å²) in [4.78, 5) is 28.7. The van der Waals surface area contributed by atoms with E-state index in [0.29, 0.717) is 19.8 Å². The number of amides is 1.